The predicted octanol–water partition coefficient (Wildman–Crippen LogP) is 5.43. The van der Waals surface area contributed by atoms with Gasteiger partial charge in [-0.05, 0) is 70.1 Å². The van der Waals surface area contributed by atoms with Gasteiger partial charge in [-0.3, -0.25) is 0 Å². The molecule has 0 amide bonds. The van der Waals surface area contributed by atoms with Gasteiger partial charge in [0.2, 0.25) is 0 Å². The number of rotatable bonds is 7. The lowest BCUT2D eigenvalue weighted by Crippen LogP contribution is -2.36. The normalized spacial score (nSPS) is 21.2. The van der Waals surface area contributed by atoms with Crippen LogP contribution in [-0.2, 0) is 6.42 Å². The molecular weight excluding hydrogens is 312 g/mol. The number of hydrogen-bond acceptors (Lipinski definition) is 3. The third kappa shape index (κ3) is 5.01. The van der Waals surface area contributed by atoms with Crippen molar-refractivity contribution in [2.24, 2.45) is 5.92 Å². The molecule has 1 aliphatic rings. The predicted molar refractivity (Wildman–Crippen MR) is 103 cm³/mol. The Kier molecular flexibility index (Phi) is 6.56. The fourth-order valence-corrected chi connectivity index (χ4v) is 4.07. The number of unbranched alkanes of at least 4 members (excludes halogenated alkanes) is 3. The molecule has 0 bridgehead atoms. The number of phenolic OH excluding ortho intramolecular Hbond substituents is 2. The number of hydrogen-bond donors (Lipinski definition) is 3. The van der Waals surface area contributed by atoms with Crippen molar-refractivity contribution >= 4 is 0 Å². The van der Waals surface area contributed by atoms with Gasteiger partial charge >= 0.3 is 0 Å². The zero-order chi connectivity index (χ0) is 18.6. The van der Waals surface area contributed by atoms with Crippen molar-refractivity contribution < 1.29 is 15.3 Å². The highest BCUT2D eigenvalue weighted by Gasteiger charge is 2.38. The Hall–Kier alpha value is -1.48. The minimum absolute atomic E-state index is 0.0246. The van der Waals surface area contributed by atoms with E-state index in [4.69, 9.17) is 0 Å². The van der Waals surface area contributed by atoms with Crippen LogP contribution in [-0.4, -0.2) is 20.9 Å². The fraction of sp³-hybridized carbons (Fsp3) is 0.636. The van der Waals surface area contributed by atoms with Gasteiger partial charge in [-0.15, -0.1) is 0 Å². The molecule has 0 radical (unpaired) electrons. The summed E-state index contributed by atoms with van der Waals surface area (Å²) in [6, 6.07) is 3.58. The van der Waals surface area contributed by atoms with Gasteiger partial charge in [0.1, 0.15) is 11.5 Å². The van der Waals surface area contributed by atoms with Crippen molar-refractivity contribution in [1.29, 1.82) is 0 Å². The second-order valence-electron chi connectivity index (χ2n) is 8.20. The molecule has 0 saturated heterocycles. The number of phenols is 2. The van der Waals surface area contributed by atoms with Crippen LogP contribution >= 0.6 is 0 Å². The second-order valence-corrected chi connectivity index (χ2v) is 8.20. The molecule has 2 rings (SSSR count). The fourth-order valence-electron chi connectivity index (χ4n) is 4.07. The minimum Gasteiger partial charge on any atom is -0.507 e. The van der Waals surface area contributed by atoms with Gasteiger partial charge in [0, 0.05) is 11.5 Å². The molecule has 1 aromatic carbocycles. The third-order valence-electron chi connectivity index (χ3n) is 5.50. The van der Waals surface area contributed by atoms with Crippen LogP contribution in [0.1, 0.15) is 83.3 Å². The number of aliphatic hydroxyl groups is 1. The number of aromatic hydroxyl groups is 2. The molecule has 1 aliphatic carbocycles. The van der Waals surface area contributed by atoms with E-state index in [0.717, 1.165) is 31.2 Å². The molecule has 2 atom stereocenters. The average molecular weight is 347 g/mol. The molecule has 0 spiro atoms. The van der Waals surface area contributed by atoms with Crippen molar-refractivity contribution in [2.45, 2.75) is 84.2 Å². The van der Waals surface area contributed by atoms with Crippen LogP contribution in [0.15, 0.2) is 23.8 Å². The molecule has 0 saturated carbocycles. The van der Waals surface area contributed by atoms with Gasteiger partial charge in [-0.25, -0.2) is 0 Å². The summed E-state index contributed by atoms with van der Waals surface area (Å²) in [5, 5.41) is 31.8. The molecule has 3 N–H and O–H groups in total. The van der Waals surface area contributed by atoms with Crippen LogP contribution in [0.4, 0.5) is 0 Å². The lowest BCUT2D eigenvalue weighted by Gasteiger charge is -2.38. The number of benzene rings is 1. The standard InChI is InChI=1S/C22H34O3/c1-5-6-7-8-9-16-13-19(23)21(20(24)14-16)17-12-15(2)10-11-18(17)22(3,4)25/h12-14,17-18,23-25H,5-11H2,1-4H3. The van der Waals surface area contributed by atoms with Crippen molar-refractivity contribution in [3.05, 3.63) is 34.9 Å². The van der Waals surface area contributed by atoms with E-state index >= 15 is 0 Å². The first kappa shape index (κ1) is 19.8. The average Bonchev–Trinajstić information content (AvgIpc) is 2.50. The molecule has 1 aromatic rings. The smallest absolute Gasteiger partial charge is 0.123 e. The van der Waals surface area contributed by atoms with E-state index in [1.54, 1.807) is 12.1 Å². The van der Waals surface area contributed by atoms with E-state index in [1.807, 2.05) is 13.8 Å². The van der Waals surface area contributed by atoms with Gasteiger partial charge in [-0.2, -0.15) is 0 Å². The lowest BCUT2D eigenvalue weighted by molar-refractivity contribution is 0.00421. The Bertz CT molecular complexity index is 587. The van der Waals surface area contributed by atoms with E-state index in [-0.39, 0.29) is 23.3 Å². The van der Waals surface area contributed by atoms with Gasteiger partial charge in [0.05, 0.1) is 5.60 Å². The summed E-state index contributed by atoms with van der Waals surface area (Å²) in [5.74, 6) is 0.109. The molecule has 0 aliphatic heterocycles. The van der Waals surface area contributed by atoms with E-state index in [0.29, 0.717) is 5.56 Å². The molecule has 3 nitrogen and oxygen atoms in total. The summed E-state index contributed by atoms with van der Waals surface area (Å²) in [5.41, 5.74) is 1.92. The summed E-state index contributed by atoms with van der Waals surface area (Å²) in [6.45, 7) is 7.89. The highest BCUT2D eigenvalue weighted by Crippen LogP contribution is 2.47. The van der Waals surface area contributed by atoms with Crippen LogP contribution in [0.5, 0.6) is 11.5 Å². The summed E-state index contributed by atoms with van der Waals surface area (Å²) in [7, 11) is 0. The van der Waals surface area contributed by atoms with Crippen LogP contribution in [0.25, 0.3) is 0 Å². The van der Waals surface area contributed by atoms with E-state index in [1.165, 1.54) is 24.8 Å². The Balaban J connectivity index is 2.29. The zero-order valence-corrected chi connectivity index (χ0v) is 16.2. The molecule has 3 heteroatoms. The third-order valence-corrected chi connectivity index (χ3v) is 5.50. The van der Waals surface area contributed by atoms with E-state index in [9.17, 15) is 15.3 Å². The molecular formula is C22H34O3. The maximum absolute atomic E-state index is 10.6. The summed E-state index contributed by atoms with van der Waals surface area (Å²) in [6.07, 6.45) is 9.43. The van der Waals surface area contributed by atoms with Gasteiger partial charge in [-0.1, -0.05) is 37.8 Å². The number of allylic oxidation sites excluding steroid dienone is 2. The SMILES string of the molecule is CCCCCCc1cc(O)c(C2C=C(C)CCC2C(C)(C)O)c(O)c1. The Morgan fingerprint density at radius 3 is 2.28 bits per heavy atom. The second kappa shape index (κ2) is 8.27. The lowest BCUT2D eigenvalue weighted by atomic mass is 9.69. The summed E-state index contributed by atoms with van der Waals surface area (Å²) in [4.78, 5) is 0. The Morgan fingerprint density at radius 2 is 1.72 bits per heavy atom. The van der Waals surface area contributed by atoms with Crippen LogP contribution in [0, 0.1) is 5.92 Å². The topological polar surface area (TPSA) is 60.7 Å². The highest BCUT2D eigenvalue weighted by atomic mass is 16.3. The van der Waals surface area contributed by atoms with Crippen molar-refractivity contribution in [2.75, 3.05) is 0 Å². The molecule has 140 valence electrons. The van der Waals surface area contributed by atoms with Crippen molar-refractivity contribution in [3.63, 3.8) is 0 Å². The van der Waals surface area contributed by atoms with Crippen LogP contribution in [0.3, 0.4) is 0 Å². The summed E-state index contributed by atoms with van der Waals surface area (Å²) >= 11 is 0. The van der Waals surface area contributed by atoms with E-state index in [2.05, 4.69) is 19.9 Å². The van der Waals surface area contributed by atoms with Gasteiger partial charge < -0.3 is 15.3 Å². The van der Waals surface area contributed by atoms with Crippen LogP contribution in [0.2, 0.25) is 0 Å². The Morgan fingerprint density at radius 1 is 1.08 bits per heavy atom. The molecule has 0 heterocycles. The largest absolute Gasteiger partial charge is 0.507 e. The molecule has 0 fully saturated rings. The monoisotopic (exact) mass is 346 g/mol. The minimum atomic E-state index is -0.862. The quantitative estimate of drug-likeness (QED) is 0.455. The maximum Gasteiger partial charge on any atom is 0.123 e. The number of aryl methyl sites for hydroxylation is 1. The first-order chi connectivity index (χ1) is 11.7. The van der Waals surface area contributed by atoms with Crippen LogP contribution < -0.4 is 0 Å². The first-order valence-corrected chi connectivity index (χ1v) is 9.68. The van der Waals surface area contributed by atoms with E-state index < -0.39 is 5.60 Å². The molecule has 25 heavy (non-hydrogen) atoms. The summed E-state index contributed by atoms with van der Waals surface area (Å²) < 4.78 is 0. The van der Waals surface area contributed by atoms with Crippen molar-refractivity contribution in [3.8, 4) is 11.5 Å². The van der Waals surface area contributed by atoms with Crippen molar-refractivity contribution in [1.82, 2.24) is 0 Å². The molecule has 2 unspecified atom stereocenters. The highest BCUT2D eigenvalue weighted by molar-refractivity contribution is 5.51. The first-order valence-electron chi connectivity index (χ1n) is 9.68. The molecule has 0 aromatic heterocycles. The maximum atomic E-state index is 10.6. The zero-order valence-electron chi connectivity index (χ0n) is 16.2. The van der Waals surface area contributed by atoms with Gasteiger partial charge in [0.15, 0.2) is 0 Å². The Labute approximate surface area is 152 Å². The van der Waals surface area contributed by atoms with Gasteiger partial charge in [0.25, 0.3) is 0 Å².